The summed E-state index contributed by atoms with van der Waals surface area (Å²) in [5.41, 5.74) is 2.65. The Bertz CT molecular complexity index is 1080. The van der Waals surface area contributed by atoms with Crippen molar-refractivity contribution in [3.63, 3.8) is 0 Å². The second-order valence-corrected chi connectivity index (χ2v) is 6.30. The lowest BCUT2D eigenvalue weighted by Gasteiger charge is -2.11. The summed E-state index contributed by atoms with van der Waals surface area (Å²) in [4.78, 5) is 38.1. The normalized spacial score (nSPS) is 12.2. The van der Waals surface area contributed by atoms with Crippen LogP contribution in [-0.2, 0) is 9.53 Å². The molecule has 3 aromatic rings. The van der Waals surface area contributed by atoms with Crippen molar-refractivity contribution < 1.29 is 19.2 Å². The number of carbonyl (C=O) groups is 2. The summed E-state index contributed by atoms with van der Waals surface area (Å²) >= 11 is 0. The second kappa shape index (κ2) is 7.87. The monoisotopic (exact) mass is 378 g/mol. The van der Waals surface area contributed by atoms with Crippen LogP contribution in [0.4, 0.5) is 5.69 Å². The van der Waals surface area contributed by atoms with E-state index >= 15 is 0 Å². The summed E-state index contributed by atoms with van der Waals surface area (Å²) in [6.45, 7) is 3.33. The minimum atomic E-state index is -0.952. The number of esters is 1. The van der Waals surface area contributed by atoms with Gasteiger partial charge in [-0.1, -0.05) is 18.2 Å². The number of aromatic nitrogens is 1. The van der Waals surface area contributed by atoms with Crippen LogP contribution in [0.15, 0.2) is 54.6 Å². The van der Waals surface area contributed by atoms with E-state index in [1.54, 1.807) is 6.92 Å². The first-order valence-electron chi connectivity index (χ1n) is 8.61. The zero-order valence-corrected chi connectivity index (χ0v) is 15.3. The molecule has 0 saturated carbocycles. The highest BCUT2D eigenvalue weighted by atomic mass is 16.6. The largest absolute Gasteiger partial charge is 0.451 e. The van der Waals surface area contributed by atoms with Crippen molar-refractivity contribution in [1.29, 1.82) is 0 Å². The van der Waals surface area contributed by atoms with Crippen LogP contribution in [0.25, 0.3) is 17.0 Å². The molecule has 3 rings (SSSR count). The summed E-state index contributed by atoms with van der Waals surface area (Å²) in [5.74, 6) is -0.955. The summed E-state index contributed by atoms with van der Waals surface area (Å²) in [7, 11) is 0. The molecule has 1 atom stereocenters. The number of non-ortho nitro benzene ring substituents is 1. The second-order valence-electron chi connectivity index (χ2n) is 6.30. The maximum Gasteiger partial charge on any atom is 0.331 e. The smallest absolute Gasteiger partial charge is 0.331 e. The quantitative estimate of drug-likeness (QED) is 0.228. The van der Waals surface area contributed by atoms with E-state index in [9.17, 15) is 19.7 Å². The first-order chi connectivity index (χ1) is 13.4. The van der Waals surface area contributed by atoms with Crippen LogP contribution >= 0.6 is 0 Å². The van der Waals surface area contributed by atoms with Crippen molar-refractivity contribution in [3.8, 4) is 0 Å². The molecule has 0 unspecified atom stereocenters. The van der Waals surface area contributed by atoms with Gasteiger partial charge in [0, 0.05) is 40.4 Å². The predicted octanol–water partition coefficient (Wildman–Crippen LogP) is 4.21. The Morgan fingerprint density at radius 2 is 1.82 bits per heavy atom. The van der Waals surface area contributed by atoms with E-state index in [0.717, 1.165) is 16.6 Å². The fourth-order valence-corrected chi connectivity index (χ4v) is 2.94. The summed E-state index contributed by atoms with van der Waals surface area (Å²) in [5, 5.41) is 11.4. The fourth-order valence-electron chi connectivity index (χ4n) is 2.94. The average Bonchev–Trinajstić information content (AvgIpc) is 3.01. The number of aromatic amines is 1. The molecular weight excluding hydrogens is 360 g/mol. The molecule has 1 N–H and O–H groups in total. The van der Waals surface area contributed by atoms with Crippen molar-refractivity contribution in [3.05, 3.63) is 81.5 Å². The number of H-pyrrole nitrogens is 1. The average molecular weight is 378 g/mol. The highest BCUT2D eigenvalue weighted by Gasteiger charge is 2.23. The van der Waals surface area contributed by atoms with Gasteiger partial charge in [-0.2, -0.15) is 0 Å². The van der Waals surface area contributed by atoms with E-state index in [-0.39, 0.29) is 11.5 Å². The molecule has 7 heteroatoms. The molecule has 0 bridgehead atoms. The van der Waals surface area contributed by atoms with Gasteiger partial charge in [-0.25, -0.2) is 4.79 Å². The van der Waals surface area contributed by atoms with Crippen molar-refractivity contribution in [1.82, 2.24) is 4.98 Å². The number of nitro benzene ring substituents is 1. The number of ether oxygens (including phenoxy) is 1. The number of nitrogens with one attached hydrogen (secondary N) is 1. The SMILES string of the molecule is Cc1[nH]c2ccccc2c1C(=O)[C@@H](C)OC(=O)/C=C/c1ccc([N+](=O)[O-])cc1. The van der Waals surface area contributed by atoms with Crippen LogP contribution < -0.4 is 0 Å². The minimum Gasteiger partial charge on any atom is -0.451 e. The van der Waals surface area contributed by atoms with Gasteiger partial charge in [-0.3, -0.25) is 14.9 Å². The van der Waals surface area contributed by atoms with Gasteiger partial charge < -0.3 is 9.72 Å². The van der Waals surface area contributed by atoms with Gasteiger partial charge in [0.15, 0.2) is 6.10 Å². The van der Waals surface area contributed by atoms with Crippen LogP contribution in [0.3, 0.4) is 0 Å². The Kier molecular flexibility index (Phi) is 5.35. The van der Waals surface area contributed by atoms with Gasteiger partial charge in [0.25, 0.3) is 5.69 Å². The van der Waals surface area contributed by atoms with Crippen LogP contribution in [-0.4, -0.2) is 27.8 Å². The molecule has 0 fully saturated rings. The summed E-state index contributed by atoms with van der Waals surface area (Å²) in [6.07, 6.45) is 1.71. The van der Waals surface area contributed by atoms with E-state index in [4.69, 9.17) is 4.74 Å². The number of rotatable bonds is 6. The van der Waals surface area contributed by atoms with E-state index in [0.29, 0.717) is 11.1 Å². The van der Waals surface area contributed by atoms with Crippen LogP contribution in [0, 0.1) is 17.0 Å². The molecule has 1 aromatic heterocycles. The molecule has 7 nitrogen and oxygen atoms in total. The molecule has 1 heterocycles. The number of hydrogen-bond donors (Lipinski definition) is 1. The Labute approximate surface area is 160 Å². The van der Waals surface area contributed by atoms with E-state index < -0.39 is 17.0 Å². The first-order valence-corrected chi connectivity index (χ1v) is 8.61. The molecule has 0 saturated heterocycles. The third-order valence-electron chi connectivity index (χ3n) is 4.32. The zero-order chi connectivity index (χ0) is 20.3. The lowest BCUT2D eigenvalue weighted by atomic mass is 10.0. The number of aryl methyl sites for hydroxylation is 1. The topological polar surface area (TPSA) is 102 Å². The molecule has 0 spiro atoms. The first kappa shape index (κ1) is 19.0. The number of carbonyl (C=O) groups excluding carboxylic acids is 2. The molecule has 0 radical (unpaired) electrons. The van der Waals surface area contributed by atoms with Gasteiger partial charge in [0.1, 0.15) is 0 Å². The van der Waals surface area contributed by atoms with Gasteiger partial charge in [-0.15, -0.1) is 0 Å². The zero-order valence-electron chi connectivity index (χ0n) is 15.3. The number of Topliss-reactive ketones (excluding diaryl/α,β-unsaturated/α-hetero) is 1. The molecule has 142 valence electrons. The van der Waals surface area contributed by atoms with E-state index in [2.05, 4.69) is 4.98 Å². The van der Waals surface area contributed by atoms with E-state index in [1.807, 2.05) is 24.3 Å². The maximum atomic E-state index is 12.8. The van der Waals surface area contributed by atoms with E-state index in [1.165, 1.54) is 43.3 Å². The van der Waals surface area contributed by atoms with Crippen molar-refractivity contribution >= 4 is 34.4 Å². The van der Waals surface area contributed by atoms with Crippen LogP contribution in [0.2, 0.25) is 0 Å². The highest BCUT2D eigenvalue weighted by Crippen LogP contribution is 2.24. The van der Waals surface area contributed by atoms with Gasteiger partial charge in [-0.05, 0) is 43.7 Å². The molecule has 2 aromatic carbocycles. The fraction of sp³-hybridized carbons (Fsp3) is 0.143. The van der Waals surface area contributed by atoms with Crippen molar-refractivity contribution in [2.75, 3.05) is 0 Å². The summed E-state index contributed by atoms with van der Waals surface area (Å²) in [6, 6.07) is 13.2. The van der Waals surface area contributed by atoms with Gasteiger partial charge >= 0.3 is 5.97 Å². The van der Waals surface area contributed by atoms with Gasteiger partial charge in [0.05, 0.1) is 4.92 Å². The number of ketones is 1. The third kappa shape index (κ3) is 3.98. The van der Waals surface area contributed by atoms with Crippen molar-refractivity contribution in [2.45, 2.75) is 20.0 Å². The molecule has 0 aliphatic carbocycles. The third-order valence-corrected chi connectivity index (χ3v) is 4.32. The molecule has 0 amide bonds. The lowest BCUT2D eigenvalue weighted by Crippen LogP contribution is -2.24. The molecular formula is C21H18N2O5. The molecule has 0 aliphatic heterocycles. The Morgan fingerprint density at radius 3 is 2.50 bits per heavy atom. The number of hydrogen-bond acceptors (Lipinski definition) is 5. The minimum absolute atomic E-state index is 0.0342. The summed E-state index contributed by atoms with van der Waals surface area (Å²) < 4.78 is 5.23. The van der Waals surface area contributed by atoms with Crippen LogP contribution in [0.5, 0.6) is 0 Å². The number of nitrogens with zero attached hydrogens (tertiary/aromatic N) is 1. The molecule has 0 aliphatic rings. The Hall–Kier alpha value is -3.74. The van der Waals surface area contributed by atoms with Crippen molar-refractivity contribution in [2.24, 2.45) is 0 Å². The lowest BCUT2D eigenvalue weighted by molar-refractivity contribution is -0.384. The number of nitro groups is 1. The number of fused-ring (bicyclic) bond motifs is 1. The highest BCUT2D eigenvalue weighted by molar-refractivity contribution is 6.11. The number of para-hydroxylation sites is 1. The molecule has 28 heavy (non-hydrogen) atoms. The predicted molar refractivity (Wildman–Crippen MR) is 105 cm³/mol. The Balaban J connectivity index is 1.68. The standard InChI is InChI=1S/C21H18N2O5/c1-13-20(17-5-3-4-6-18(17)22-13)21(25)14(2)28-19(24)12-9-15-7-10-16(11-8-15)23(26)27/h3-12,14,22H,1-2H3/b12-9+/t14-/m1/s1. The van der Waals surface area contributed by atoms with Gasteiger partial charge in [0.2, 0.25) is 5.78 Å². The maximum absolute atomic E-state index is 12.8. The van der Waals surface area contributed by atoms with Crippen LogP contribution in [0.1, 0.15) is 28.5 Å². The Morgan fingerprint density at radius 1 is 1.14 bits per heavy atom. The number of benzene rings is 2.